The van der Waals surface area contributed by atoms with Crippen molar-refractivity contribution < 1.29 is 17.8 Å². The first-order valence-electron chi connectivity index (χ1n) is 21.7. The minimum absolute atomic E-state index is 0.0917. The predicted octanol–water partition coefficient (Wildman–Crippen LogP) is 12.0. The molecule has 222 valence electrons. The summed E-state index contributed by atoms with van der Waals surface area (Å²) in [4.78, 5) is 4.45. The number of rotatable bonds is 5. The second-order valence-corrected chi connectivity index (χ2v) is 11.3. The van der Waals surface area contributed by atoms with Crippen molar-refractivity contribution in [2.75, 3.05) is 0 Å². The summed E-state index contributed by atoms with van der Waals surface area (Å²) in [7, 11) is 0. The number of aromatic nitrogens is 2. The molecule has 0 N–H and O–H groups in total. The minimum Gasteiger partial charge on any atom is -0.296 e. The molecular formula is C45H32N2. The van der Waals surface area contributed by atoms with Crippen molar-refractivity contribution in [3.8, 4) is 39.1 Å². The van der Waals surface area contributed by atoms with Gasteiger partial charge in [0, 0.05) is 18.9 Å². The van der Waals surface area contributed by atoms with Gasteiger partial charge in [-0.25, -0.2) is 4.98 Å². The van der Waals surface area contributed by atoms with Gasteiger partial charge in [-0.05, 0) is 102 Å². The van der Waals surface area contributed by atoms with Crippen LogP contribution in [-0.4, -0.2) is 9.55 Å². The largest absolute Gasteiger partial charge is 0.296 e. The van der Waals surface area contributed by atoms with Gasteiger partial charge < -0.3 is 0 Å². The van der Waals surface area contributed by atoms with E-state index in [9.17, 15) is 5.48 Å². The van der Waals surface area contributed by atoms with Crippen LogP contribution in [0.2, 0.25) is 0 Å². The molecule has 0 fully saturated rings. The zero-order chi connectivity index (χ0) is 42.6. The van der Waals surface area contributed by atoms with Gasteiger partial charge in [-0.1, -0.05) is 134 Å². The summed E-state index contributed by atoms with van der Waals surface area (Å²) in [6.07, 6.45) is -2.82. The van der Waals surface area contributed by atoms with Crippen LogP contribution in [0, 0.1) is 0 Å². The van der Waals surface area contributed by atoms with Gasteiger partial charge in [0.2, 0.25) is 0 Å². The molecular weight excluding hydrogens is 569 g/mol. The Morgan fingerprint density at radius 3 is 1.89 bits per heavy atom. The van der Waals surface area contributed by atoms with Crippen LogP contribution in [0.1, 0.15) is 30.5 Å². The van der Waals surface area contributed by atoms with E-state index in [0.29, 0.717) is 39.0 Å². The fraction of sp³-hybridized carbons (Fsp3) is 0.0444. The fourth-order valence-electron chi connectivity index (χ4n) is 6.60. The van der Waals surface area contributed by atoms with E-state index in [0.717, 1.165) is 10.8 Å². The summed E-state index contributed by atoms with van der Waals surface area (Å²) in [6.45, 7) is -3.03. The van der Waals surface area contributed by atoms with Crippen LogP contribution in [0.15, 0.2) is 164 Å². The molecule has 0 bridgehead atoms. The summed E-state index contributed by atoms with van der Waals surface area (Å²) >= 11 is 0. The van der Waals surface area contributed by atoms with Crippen molar-refractivity contribution in [2.24, 2.45) is 0 Å². The lowest BCUT2D eigenvalue weighted by molar-refractivity contribution is 0.908. The number of aryl methyl sites for hydroxylation is 1. The third kappa shape index (κ3) is 4.53. The molecule has 1 heterocycles. The van der Waals surface area contributed by atoms with E-state index < -0.39 is 37.4 Å². The maximum atomic E-state index is 9.35. The zero-order valence-electron chi connectivity index (χ0n) is 37.9. The molecule has 9 aromatic rings. The lowest BCUT2D eigenvalue weighted by Crippen LogP contribution is -2.00. The summed E-state index contributed by atoms with van der Waals surface area (Å²) in [5.74, 6) is -0.290. The number of hydrogen-bond donors (Lipinski definition) is 0. The standard InChI is InChI=1S/C45H32N2/c1-2-43-46-41-23-9-10-24-42(41)47(43)36-18-12-16-33(29-36)32-15-11-17-34(28-32)44-37-19-5-7-21-39(37)45(40-22-8-6-20-38(40)44)35-26-25-30-13-3-4-14-31(30)27-35/h3-29H,2H2,1H3/i1D3,2D2,5D,6D,7D,8D,19D,20D,21D,22D. The topological polar surface area (TPSA) is 17.8 Å². The summed E-state index contributed by atoms with van der Waals surface area (Å²) in [5.41, 5.74) is 3.98. The number of nitrogens with zero attached hydrogens (tertiary/aromatic N) is 2. The quantitative estimate of drug-likeness (QED) is 0.177. The number of fused-ring (bicyclic) bond motifs is 4. The average molecular weight is 614 g/mol. The summed E-state index contributed by atoms with van der Waals surface area (Å²) in [5, 5.41) is 2.16. The molecule has 1 aromatic heterocycles. The van der Waals surface area contributed by atoms with Crippen LogP contribution < -0.4 is 0 Å². The van der Waals surface area contributed by atoms with Gasteiger partial charge in [-0.15, -0.1) is 0 Å². The molecule has 0 saturated heterocycles. The van der Waals surface area contributed by atoms with Crippen LogP contribution in [0.25, 0.3) is 82.4 Å². The van der Waals surface area contributed by atoms with Crippen LogP contribution in [0.5, 0.6) is 0 Å². The molecule has 2 nitrogen and oxygen atoms in total. The van der Waals surface area contributed by atoms with E-state index in [1.807, 2.05) is 48.5 Å². The first-order valence-corrected chi connectivity index (χ1v) is 15.2. The Hall–Kier alpha value is -5.99. The maximum Gasteiger partial charge on any atom is 0.114 e. The Morgan fingerprint density at radius 2 is 1.17 bits per heavy atom. The van der Waals surface area contributed by atoms with E-state index in [4.69, 9.17) is 12.3 Å². The third-order valence-corrected chi connectivity index (χ3v) is 8.67. The highest BCUT2D eigenvalue weighted by molar-refractivity contribution is 6.21. The van der Waals surface area contributed by atoms with Gasteiger partial charge in [0.25, 0.3) is 0 Å². The minimum atomic E-state index is -3.03. The van der Waals surface area contributed by atoms with E-state index in [-0.39, 0.29) is 62.7 Å². The van der Waals surface area contributed by atoms with Gasteiger partial charge in [-0.3, -0.25) is 4.57 Å². The third-order valence-electron chi connectivity index (χ3n) is 8.67. The summed E-state index contributed by atoms with van der Waals surface area (Å²) in [6, 6.07) is 30.8. The molecule has 8 aromatic carbocycles. The lowest BCUT2D eigenvalue weighted by Gasteiger charge is -2.18. The Bertz CT molecular complexity index is 3200. The van der Waals surface area contributed by atoms with Crippen molar-refractivity contribution >= 4 is 43.4 Å². The molecule has 0 atom stereocenters. The van der Waals surface area contributed by atoms with Crippen molar-refractivity contribution in [3.63, 3.8) is 0 Å². The average Bonchev–Trinajstić information content (AvgIpc) is 3.65. The fourth-order valence-corrected chi connectivity index (χ4v) is 6.60. The van der Waals surface area contributed by atoms with Gasteiger partial charge in [0.15, 0.2) is 0 Å². The Kier molecular flexibility index (Phi) is 4.04. The monoisotopic (exact) mass is 613 g/mol. The van der Waals surface area contributed by atoms with Crippen LogP contribution in [0.3, 0.4) is 0 Å². The highest BCUT2D eigenvalue weighted by Gasteiger charge is 2.17. The molecule has 0 spiro atoms. The molecule has 2 heteroatoms. The molecule has 0 aliphatic rings. The van der Waals surface area contributed by atoms with Crippen molar-refractivity contribution in [3.05, 3.63) is 169 Å². The Morgan fingerprint density at radius 1 is 0.574 bits per heavy atom. The van der Waals surface area contributed by atoms with Gasteiger partial charge >= 0.3 is 0 Å². The lowest BCUT2D eigenvalue weighted by atomic mass is 9.85. The van der Waals surface area contributed by atoms with Crippen molar-refractivity contribution in [2.45, 2.75) is 13.2 Å². The summed E-state index contributed by atoms with van der Waals surface area (Å²) < 4.78 is 115. The number of hydrogen-bond acceptors (Lipinski definition) is 1. The number of imidazole rings is 1. The second kappa shape index (κ2) is 11.1. The van der Waals surface area contributed by atoms with E-state index in [1.165, 1.54) is 4.57 Å². The first kappa shape index (κ1) is 17.1. The molecule has 0 saturated carbocycles. The predicted molar refractivity (Wildman–Crippen MR) is 199 cm³/mol. The van der Waals surface area contributed by atoms with Gasteiger partial charge in [0.05, 0.1) is 22.0 Å². The van der Waals surface area contributed by atoms with E-state index in [1.54, 1.807) is 66.7 Å². The molecule has 9 rings (SSSR count). The van der Waals surface area contributed by atoms with Crippen LogP contribution >= 0.6 is 0 Å². The maximum absolute atomic E-state index is 9.35. The second-order valence-electron chi connectivity index (χ2n) is 11.3. The molecule has 0 aliphatic heterocycles. The number of para-hydroxylation sites is 2. The van der Waals surface area contributed by atoms with E-state index in [2.05, 4.69) is 4.98 Å². The zero-order valence-corrected chi connectivity index (χ0v) is 24.9. The molecule has 0 aliphatic carbocycles. The molecule has 0 radical (unpaired) electrons. The van der Waals surface area contributed by atoms with E-state index >= 15 is 0 Å². The Labute approximate surface area is 292 Å². The SMILES string of the molecule is [2H]c1c([2H])c([2H])c2c(-c3ccc4ccccc4c3)c3c([2H])c([2H])c([2H])c([2H])c3c(-c3cccc(-c4cccc(-n5c(C([2H])([2H])C([2H])([2H])[2H])nc6ccccc65)c4)c3)c2c1[2H]. The number of benzene rings is 8. The van der Waals surface area contributed by atoms with Crippen LogP contribution in [-0.2, 0) is 6.37 Å². The smallest absolute Gasteiger partial charge is 0.114 e. The molecule has 0 unspecified atom stereocenters. The highest BCUT2D eigenvalue weighted by atomic mass is 15.1. The highest BCUT2D eigenvalue weighted by Crippen LogP contribution is 2.44. The van der Waals surface area contributed by atoms with Crippen molar-refractivity contribution in [1.29, 1.82) is 0 Å². The first-order chi connectivity index (χ1) is 28.5. The van der Waals surface area contributed by atoms with Crippen LogP contribution in [0.4, 0.5) is 0 Å². The molecule has 0 amide bonds. The van der Waals surface area contributed by atoms with Gasteiger partial charge in [0.1, 0.15) is 5.82 Å². The normalized spacial score (nSPS) is 16.1. The molecule has 47 heavy (non-hydrogen) atoms. The Balaban J connectivity index is 1.35. The van der Waals surface area contributed by atoms with Crippen molar-refractivity contribution in [1.82, 2.24) is 9.55 Å². The van der Waals surface area contributed by atoms with Gasteiger partial charge in [-0.2, -0.15) is 0 Å².